The minimum atomic E-state index is -1.02. The van der Waals surface area contributed by atoms with Crippen molar-refractivity contribution in [3.63, 3.8) is 0 Å². The van der Waals surface area contributed by atoms with Crippen LogP contribution >= 0.6 is 0 Å². The number of carboxylic acid groups (broad SMARTS) is 1. The van der Waals surface area contributed by atoms with Crippen molar-refractivity contribution in [3.05, 3.63) is 0 Å². The summed E-state index contributed by atoms with van der Waals surface area (Å²) in [6, 6.07) is 0.322. The highest BCUT2D eigenvalue weighted by Gasteiger charge is 2.34. The number of aliphatic carboxylic acids is 1. The molecule has 1 rings (SSSR count). The summed E-state index contributed by atoms with van der Waals surface area (Å²) in [5.41, 5.74) is -1.02. The highest BCUT2D eigenvalue weighted by atomic mass is 16.4. The molecule has 0 saturated heterocycles. The van der Waals surface area contributed by atoms with E-state index in [-0.39, 0.29) is 12.5 Å². The van der Waals surface area contributed by atoms with E-state index in [1.54, 1.807) is 30.7 Å². The maximum absolute atomic E-state index is 12.2. The van der Waals surface area contributed by atoms with Crippen LogP contribution in [0.25, 0.3) is 0 Å². The van der Waals surface area contributed by atoms with Crippen molar-refractivity contribution in [2.75, 3.05) is 20.6 Å². The Hall–Kier alpha value is -1.10. The Balaban J connectivity index is 2.56. The normalized spacial score (nSPS) is 17.5. The van der Waals surface area contributed by atoms with Crippen LogP contribution in [-0.4, -0.2) is 59.0 Å². The molecule has 1 fully saturated rings. The molecule has 1 N–H and O–H groups in total. The molecule has 5 nitrogen and oxygen atoms in total. The van der Waals surface area contributed by atoms with E-state index in [1.165, 1.54) is 19.3 Å². The fourth-order valence-electron chi connectivity index (χ4n) is 2.35. The Bertz CT molecular complexity index is 336. The predicted octanol–water partition coefficient (Wildman–Crippen LogP) is 1.57. The number of nitrogens with zero attached hydrogens (tertiary/aromatic N) is 2. The number of carbonyl (C=O) groups is 2. The molecule has 0 aromatic carbocycles. The fourth-order valence-corrected chi connectivity index (χ4v) is 2.35. The van der Waals surface area contributed by atoms with Crippen LogP contribution < -0.4 is 0 Å². The van der Waals surface area contributed by atoms with Gasteiger partial charge in [-0.2, -0.15) is 0 Å². The van der Waals surface area contributed by atoms with Crippen molar-refractivity contribution in [1.29, 1.82) is 0 Å². The topological polar surface area (TPSA) is 60.9 Å². The number of amides is 1. The van der Waals surface area contributed by atoms with Gasteiger partial charge in [0.05, 0.1) is 6.54 Å². The minimum absolute atomic E-state index is 0.00345. The maximum Gasteiger partial charge on any atom is 0.323 e. The van der Waals surface area contributed by atoms with Crippen molar-refractivity contribution < 1.29 is 14.7 Å². The van der Waals surface area contributed by atoms with Gasteiger partial charge >= 0.3 is 5.97 Å². The molecule has 0 aromatic rings. The first kappa shape index (κ1) is 16.0. The molecule has 0 aliphatic heterocycles. The third-order valence-corrected chi connectivity index (χ3v) is 4.37. The van der Waals surface area contributed by atoms with Gasteiger partial charge in [0.25, 0.3) is 0 Å². The molecule has 0 unspecified atom stereocenters. The number of hydrogen-bond donors (Lipinski definition) is 1. The molecule has 0 heterocycles. The average Bonchev–Trinajstić information content (AvgIpc) is 2.38. The lowest BCUT2D eigenvalue weighted by atomic mass is 9.94. The maximum atomic E-state index is 12.2. The highest BCUT2D eigenvalue weighted by molar-refractivity contribution is 5.81. The van der Waals surface area contributed by atoms with Crippen molar-refractivity contribution >= 4 is 11.9 Å². The molecular formula is C14H26N2O3. The van der Waals surface area contributed by atoms with Gasteiger partial charge in [-0.25, -0.2) is 0 Å². The van der Waals surface area contributed by atoms with Crippen molar-refractivity contribution in [2.24, 2.45) is 0 Å². The molecule has 1 aliphatic carbocycles. The van der Waals surface area contributed by atoms with Crippen LogP contribution in [0.4, 0.5) is 0 Å². The molecule has 19 heavy (non-hydrogen) atoms. The molecule has 5 heteroatoms. The first-order chi connectivity index (χ1) is 8.76. The summed E-state index contributed by atoms with van der Waals surface area (Å²) in [6.45, 7) is 3.37. The van der Waals surface area contributed by atoms with Crippen LogP contribution in [0.3, 0.4) is 0 Å². The molecule has 0 atom stereocenters. The molecule has 1 amide bonds. The number of hydrogen-bond acceptors (Lipinski definition) is 3. The van der Waals surface area contributed by atoms with Crippen LogP contribution in [0.1, 0.15) is 46.0 Å². The van der Waals surface area contributed by atoms with Gasteiger partial charge < -0.3 is 10.0 Å². The second-order valence-corrected chi connectivity index (χ2v) is 6.02. The van der Waals surface area contributed by atoms with Crippen molar-refractivity contribution in [2.45, 2.75) is 57.5 Å². The van der Waals surface area contributed by atoms with E-state index in [4.69, 9.17) is 5.11 Å². The number of carboxylic acids is 1. The van der Waals surface area contributed by atoms with Gasteiger partial charge in [-0.3, -0.25) is 14.5 Å². The van der Waals surface area contributed by atoms with Crippen LogP contribution in [0.15, 0.2) is 0 Å². The molecule has 110 valence electrons. The summed E-state index contributed by atoms with van der Waals surface area (Å²) in [5.74, 6) is -0.910. The number of rotatable bonds is 5. The largest absolute Gasteiger partial charge is 0.480 e. The van der Waals surface area contributed by atoms with Crippen LogP contribution in [0, 0.1) is 0 Å². The third-order valence-electron chi connectivity index (χ3n) is 4.37. The van der Waals surface area contributed by atoms with Crippen molar-refractivity contribution in [3.8, 4) is 0 Å². The summed E-state index contributed by atoms with van der Waals surface area (Å²) in [4.78, 5) is 26.8. The van der Waals surface area contributed by atoms with Crippen LogP contribution in [0.5, 0.6) is 0 Å². The monoisotopic (exact) mass is 270 g/mol. The smallest absolute Gasteiger partial charge is 0.323 e. The quantitative estimate of drug-likeness (QED) is 0.824. The third kappa shape index (κ3) is 3.93. The van der Waals surface area contributed by atoms with Crippen molar-refractivity contribution in [1.82, 2.24) is 9.80 Å². The number of carbonyl (C=O) groups excluding carboxylic acids is 1. The van der Waals surface area contributed by atoms with Gasteiger partial charge in [0, 0.05) is 13.1 Å². The summed E-state index contributed by atoms with van der Waals surface area (Å²) in [7, 11) is 3.51. The highest BCUT2D eigenvalue weighted by Crippen LogP contribution is 2.22. The van der Waals surface area contributed by atoms with E-state index in [0.29, 0.717) is 6.04 Å². The zero-order valence-corrected chi connectivity index (χ0v) is 12.5. The molecule has 0 aromatic heterocycles. The predicted molar refractivity (Wildman–Crippen MR) is 74.0 cm³/mol. The minimum Gasteiger partial charge on any atom is -0.480 e. The lowest BCUT2D eigenvalue weighted by Gasteiger charge is -2.35. The average molecular weight is 270 g/mol. The molecule has 1 saturated carbocycles. The van der Waals surface area contributed by atoms with E-state index < -0.39 is 11.5 Å². The first-order valence-electron chi connectivity index (χ1n) is 6.97. The fraction of sp³-hybridized carbons (Fsp3) is 0.857. The zero-order chi connectivity index (χ0) is 14.6. The van der Waals surface area contributed by atoms with E-state index >= 15 is 0 Å². The number of likely N-dealkylation sites (N-methyl/N-ethyl adjacent to an activating group) is 2. The Kier molecular flexibility index (Phi) is 5.35. The first-order valence-corrected chi connectivity index (χ1v) is 6.97. The SMILES string of the molecule is CN(C(=O)CN(C)C(C)(C)C(=O)O)C1CCCCC1. The Morgan fingerprint density at radius 3 is 2.16 bits per heavy atom. The molecule has 0 bridgehead atoms. The van der Waals surface area contributed by atoms with E-state index in [2.05, 4.69) is 0 Å². The van der Waals surface area contributed by atoms with Gasteiger partial charge in [-0.15, -0.1) is 0 Å². The molecule has 0 radical (unpaired) electrons. The Labute approximate surface area is 115 Å². The zero-order valence-electron chi connectivity index (χ0n) is 12.5. The molecule has 0 spiro atoms. The second kappa shape index (κ2) is 6.37. The van der Waals surface area contributed by atoms with Gasteiger partial charge in [-0.1, -0.05) is 19.3 Å². The van der Waals surface area contributed by atoms with Gasteiger partial charge in [0.15, 0.2) is 0 Å². The van der Waals surface area contributed by atoms with Gasteiger partial charge in [0.2, 0.25) is 5.91 Å². The molecular weight excluding hydrogens is 244 g/mol. The summed E-state index contributed by atoms with van der Waals surface area (Å²) >= 11 is 0. The second-order valence-electron chi connectivity index (χ2n) is 6.02. The van der Waals surface area contributed by atoms with Crippen LogP contribution in [-0.2, 0) is 9.59 Å². The standard InChI is InChI=1S/C14H26N2O3/c1-14(2,13(18)19)15(3)10-12(17)16(4)11-8-6-5-7-9-11/h11H,5-10H2,1-4H3,(H,18,19). The van der Waals surface area contributed by atoms with Gasteiger partial charge in [-0.05, 0) is 33.7 Å². The summed E-state index contributed by atoms with van der Waals surface area (Å²) in [6.07, 6.45) is 5.74. The van der Waals surface area contributed by atoms with E-state index in [0.717, 1.165) is 12.8 Å². The Morgan fingerprint density at radius 2 is 1.68 bits per heavy atom. The molecule has 1 aliphatic rings. The summed E-state index contributed by atoms with van der Waals surface area (Å²) < 4.78 is 0. The summed E-state index contributed by atoms with van der Waals surface area (Å²) in [5, 5.41) is 9.15. The van der Waals surface area contributed by atoms with Gasteiger partial charge in [0.1, 0.15) is 5.54 Å². The Morgan fingerprint density at radius 1 is 1.16 bits per heavy atom. The lowest BCUT2D eigenvalue weighted by Crippen LogP contribution is -2.52. The van der Waals surface area contributed by atoms with E-state index in [9.17, 15) is 9.59 Å². The van der Waals surface area contributed by atoms with E-state index in [1.807, 2.05) is 7.05 Å². The lowest BCUT2D eigenvalue weighted by molar-refractivity contribution is -0.150. The van der Waals surface area contributed by atoms with Crippen LogP contribution in [0.2, 0.25) is 0 Å².